The second-order valence-electron chi connectivity index (χ2n) is 10.2. The van der Waals surface area contributed by atoms with E-state index in [2.05, 4.69) is 43.0 Å². The molecule has 1 N–H and O–H groups in total. The smallest absolute Gasteiger partial charge is 0.277 e. The van der Waals surface area contributed by atoms with E-state index in [9.17, 15) is 13.2 Å². The van der Waals surface area contributed by atoms with E-state index >= 15 is 0 Å². The Kier molecular flexibility index (Phi) is 8.77. The second-order valence-corrected chi connectivity index (χ2v) is 12.1. The first-order chi connectivity index (χ1) is 16.9. The number of nitrogens with one attached hydrogen (secondary N) is 1. The number of aryl methyl sites for hydroxylation is 2. The van der Waals surface area contributed by atoms with E-state index in [1.807, 2.05) is 13.8 Å². The van der Waals surface area contributed by atoms with Crippen LogP contribution in [0.15, 0.2) is 27.9 Å². The third-order valence-electron chi connectivity index (χ3n) is 7.57. The molecular weight excluding hydrogens is 607 g/mol. The maximum Gasteiger partial charge on any atom is 0.277 e. The van der Waals surface area contributed by atoms with Crippen LogP contribution in [0.2, 0.25) is 0 Å². The van der Waals surface area contributed by atoms with Gasteiger partial charge in [-0.3, -0.25) is 4.79 Å². The summed E-state index contributed by atoms with van der Waals surface area (Å²) in [7, 11) is 0.495. The molecule has 0 saturated carbocycles. The van der Waals surface area contributed by atoms with E-state index in [4.69, 9.17) is 4.74 Å². The van der Waals surface area contributed by atoms with Crippen LogP contribution in [-0.4, -0.2) is 82.7 Å². The van der Waals surface area contributed by atoms with Crippen LogP contribution in [-0.2, 0) is 16.4 Å². The minimum atomic E-state index is -3.78. The summed E-state index contributed by atoms with van der Waals surface area (Å²) in [4.78, 5) is 20.5. The summed E-state index contributed by atoms with van der Waals surface area (Å²) < 4.78 is 37.2. The zero-order valence-electron chi connectivity index (χ0n) is 22.6. The van der Waals surface area contributed by atoms with Gasteiger partial charge in [0.1, 0.15) is 11.6 Å². The highest BCUT2D eigenvalue weighted by Gasteiger charge is 2.42. The Morgan fingerprint density at radius 1 is 1.16 bits per heavy atom. The molecule has 2 atom stereocenters. The molecule has 0 aliphatic carbocycles. The van der Waals surface area contributed by atoms with Crippen molar-refractivity contribution in [1.29, 1.82) is 0 Å². The second kappa shape index (κ2) is 11.0. The van der Waals surface area contributed by atoms with Crippen molar-refractivity contribution in [1.82, 2.24) is 23.9 Å². The molecule has 1 aliphatic heterocycles. The number of aromatic amines is 1. The van der Waals surface area contributed by atoms with Crippen molar-refractivity contribution in [3.8, 4) is 17.1 Å². The predicted octanol–water partition coefficient (Wildman–Crippen LogP) is -0.394. The number of piperazine rings is 1. The molecule has 0 radical (unpaired) electrons. The van der Waals surface area contributed by atoms with Crippen LogP contribution in [0.3, 0.4) is 0 Å². The Balaban J connectivity index is 0.00000380. The Hall–Kier alpha value is -2.03. The van der Waals surface area contributed by atoms with Crippen LogP contribution in [0, 0.1) is 6.92 Å². The number of hydrogen-bond acceptors (Lipinski definition) is 6. The number of quaternary nitrogens is 1. The molecule has 1 fully saturated rings. The van der Waals surface area contributed by atoms with Crippen LogP contribution >= 0.6 is 0 Å². The highest BCUT2D eigenvalue weighted by Crippen LogP contribution is 2.33. The van der Waals surface area contributed by atoms with Crippen LogP contribution in [0.25, 0.3) is 16.9 Å². The molecule has 2 aromatic heterocycles. The summed E-state index contributed by atoms with van der Waals surface area (Å²) in [6.07, 6.45) is 1.51. The van der Waals surface area contributed by atoms with Gasteiger partial charge in [0.15, 0.2) is 11.3 Å². The van der Waals surface area contributed by atoms with Crippen LogP contribution in [0.4, 0.5) is 0 Å². The SMILES string of the molecule is CCCc1nc(C)c2c(=O)[nH]c(-c3cc(S(=O)(=O)N4C[C@@H](C)[N+](C)(C)[C@@H](C)C4)ccc3OCC)nn12.[I-]. The molecule has 0 bridgehead atoms. The average molecular weight is 645 g/mol. The molecule has 0 amide bonds. The van der Waals surface area contributed by atoms with Crippen molar-refractivity contribution in [2.75, 3.05) is 33.8 Å². The fourth-order valence-corrected chi connectivity index (χ4v) is 6.37. The number of aromatic nitrogens is 4. The van der Waals surface area contributed by atoms with E-state index in [1.165, 1.54) is 0 Å². The van der Waals surface area contributed by atoms with Gasteiger partial charge in [0.2, 0.25) is 10.0 Å². The first kappa shape index (κ1) is 29.5. The summed E-state index contributed by atoms with van der Waals surface area (Å²) in [6.45, 7) is 11.1. The Labute approximate surface area is 235 Å². The lowest BCUT2D eigenvalue weighted by Gasteiger charge is -2.48. The number of hydrogen-bond donors (Lipinski definition) is 1. The van der Waals surface area contributed by atoms with Crippen molar-refractivity contribution in [2.45, 2.75) is 64.4 Å². The molecule has 1 aromatic carbocycles. The van der Waals surface area contributed by atoms with Gasteiger partial charge in [-0.05, 0) is 52.3 Å². The van der Waals surface area contributed by atoms with Gasteiger partial charge in [0.05, 0.1) is 62.0 Å². The first-order valence-corrected chi connectivity index (χ1v) is 13.9. The van der Waals surface area contributed by atoms with Crippen molar-refractivity contribution in [3.05, 3.63) is 40.1 Å². The van der Waals surface area contributed by atoms with Gasteiger partial charge in [0, 0.05) is 6.42 Å². The summed E-state index contributed by atoms with van der Waals surface area (Å²) in [5.41, 5.74) is 1.08. The maximum absolute atomic E-state index is 13.7. The Morgan fingerprint density at radius 3 is 2.41 bits per heavy atom. The van der Waals surface area contributed by atoms with Gasteiger partial charge in [-0.15, -0.1) is 5.10 Å². The minimum Gasteiger partial charge on any atom is -1.00 e. The van der Waals surface area contributed by atoms with Crippen molar-refractivity contribution in [3.63, 3.8) is 0 Å². The summed E-state index contributed by atoms with van der Waals surface area (Å²) in [5.74, 6) is 1.38. The molecular formula is C25H37IN6O4S. The first-order valence-electron chi connectivity index (χ1n) is 12.5. The van der Waals surface area contributed by atoms with E-state index in [-0.39, 0.29) is 52.3 Å². The summed E-state index contributed by atoms with van der Waals surface area (Å²) in [6, 6.07) is 5.05. The number of benzene rings is 1. The third kappa shape index (κ3) is 5.30. The monoisotopic (exact) mass is 644 g/mol. The number of fused-ring (bicyclic) bond motifs is 1. The summed E-state index contributed by atoms with van der Waals surface area (Å²) in [5, 5.41) is 4.68. The van der Waals surface area contributed by atoms with Gasteiger partial charge < -0.3 is 38.2 Å². The fourth-order valence-electron chi connectivity index (χ4n) is 4.74. The van der Waals surface area contributed by atoms with Gasteiger partial charge in [-0.25, -0.2) is 17.9 Å². The maximum atomic E-state index is 13.7. The number of H-pyrrole nitrogens is 1. The molecule has 0 unspecified atom stereocenters. The molecule has 12 heteroatoms. The van der Waals surface area contributed by atoms with Crippen LogP contribution in [0.5, 0.6) is 5.75 Å². The standard InChI is InChI=1S/C25H36N6O4S.HI/c1-8-10-22-26-18(5)23-25(32)27-24(28-30(22)23)20-13-19(11-12-21(20)35-9-2)36(33,34)29-14-16(3)31(6,7)17(4)15-29;/h11-13,16-17H,8-10,14-15H2,1-7H3;1H/t16-,17+;. The lowest BCUT2D eigenvalue weighted by molar-refractivity contribution is -0.938. The van der Waals surface area contributed by atoms with Crippen molar-refractivity contribution < 1.29 is 41.6 Å². The molecule has 37 heavy (non-hydrogen) atoms. The molecule has 4 rings (SSSR count). The fraction of sp³-hybridized carbons (Fsp3) is 0.560. The predicted molar refractivity (Wildman–Crippen MR) is 139 cm³/mol. The largest absolute Gasteiger partial charge is 1.00 e. The lowest BCUT2D eigenvalue weighted by atomic mass is 10.1. The third-order valence-corrected chi connectivity index (χ3v) is 9.40. The number of rotatable bonds is 7. The highest BCUT2D eigenvalue weighted by molar-refractivity contribution is 7.89. The normalized spacial score (nSPS) is 20.1. The average Bonchev–Trinajstić information content (AvgIpc) is 3.13. The highest BCUT2D eigenvalue weighted by atomic mass is 127. The Morgan fingerprint density at radius 2 is 1.81 bits per heavy atom. The zero-order valence-corrected chi connectivity index (χ0v) is 25.6. The van der Waals surface area contributed by atoms with Crippen LogP contribution < -0.4 is 34.3 Å². The van der Waals surface area contributed by atoms with E-state index < -0.39 is 10.0 Å². The molecule has 3 heterocycles. The molecule has 0 spiro atoms. The number of nitrogens with zero attached hydrogens (tertiary/aromatic N) is 5. The van der Waals surface area contributed by atoms with Crippen molar-refractivity contribution >= 4 is 15.5 Å². The van der Waals surface area contributed by atoms with E-state index in [0.29, 0.717) is 54.5 Å². The zero-order chi connectivity index (χ0) is 26.4. The number of ether oxygens (including phenoxy) is 1. The number of halogens is 1. The van der Waals surface area contributed by atoms with Gasteiger partial charge in [0.25, 0.3) is 5.56 Å². The van der Waals surface area contributed by atoms with E-state index in [0.717, 1.165) is 10.9 Å². The molecule has 204 valence electrons. The topological polar surface area (TPSA) is 110 Å². The molecule has 1 aliphatic rings. The van der Waals surface area contributed by atoms with Crippen molar-refractivity contribution in [2.24, 2.45) is 0 Å². The quantitative estimate of drug-likeness (QED) is 0.277. The van der Waals surface area contributed by atoms with Gasteiger partial charge in [-0.1, -0.05) is 6.92 Å². The summed E-state index contributed by atoms with van der Waals surface area (Å²) >= 11 is 0. The Bertz CT molecular complexity index is 1440. The van der Waals surface area contributed by atoms with Crippen LogP contribution in [0.1, 0.15) is 45.6 Å². The lowest BCUT2D eigenvalue weighted by Crippen LogP contribution is -3.00. The van der Waals surface area contributed by atoms with Gasteiger partial charge >= 0.3 is 0 Å². The minimum absolute atomic E-state index is 0. The molecule has 10 nitrogen and oxygen atoms in total. The number of likely N-dealkylation sites (N-methyl/N-ethyl adjacent to an activating group) is 1. The van der Waals surface area contributed by atoms with Gasteiger partial charge in [-0.2, -0.15) is 4.31 Å². The number of imidazole rings is 1. The number of sulfonamides is 1. The molecule has 1 saturated heterocycles. The van der Waals surface area contributed by atoms with E-state index in [1.54, 1.807) is 33.9 Å². The molecule has 3 aromatic rings.